The van der Waals surface area contributed by atoms with Gasteiger partial charge in [0.1, 0.15) is 0 Å². The summed E-state index contributed by atoms with van der Waals surface area (Å²) in [7, 11) is 0. The van der Waals surface area contributed by atoms with Crippen molar-refractivity contribution in [3.63, 3.8) is 0 Å². The van der Waals surface area contributed by atoms with E-state index in [4.69, 9.17) is 6.42 Å². The van der Waals surface area contributed by atoms with Crippen LogP contribution >= 0.6 is 0 Å². The second kappa shape index (κ2) is 4.74. The lowest BCUT2D eigenvalue weighted by atomic mass is 9.84. The van der Waals surface area contributed by atoms with Gasteiger partial charge in [-0.05, 0) is 35.4 Å². The van der Waals surface area contributed by atoms with Crippen LogP contribution in [0.15, 0.2) is 18.2 Å². The Morgan fingerprint density at radius 3 is 2.44 bits per heavy atom. The lowest BCUT2D eigenvalue weighted by Crippen LogP contribution is -2.12. The second-order valence-electron chi connectivity index (χ2n) is 5.66. The highest BCUT2D eigenvalue weighted by Crippen LogP contribution is 2.25. The minimum absolute atomic E-state index is 0.210. The van der Waals surface area contributed by atoms with Crippen molar-refractivity contribution >= 4 is 0 Å². The first-order chi connectivity index (χ1) is 7.34. The second-order valence-corrected chi connectivity index (χ2v) is 5.66. The number of terminal acetylenes is 1. The minimum atomic E-state index is 0.210. The molecule has 0 aromatic heterocycles. The molecule has 86 valence electrons. The van der Waals surface area contributed by atoms with Gasteiger partial charge in [0.05, 0.1) is 0 Å². The van der Waals surface area contributed by atoms with Gasteiger partial charge < -0.3 is 0 Å². The molecule has 1 aromatic rings. The third kappa shape index (κ3) is 3.14. The van der Waals surface area contributed by atoms with Crippen LogP contribution in [-0.4, -0.2) is 0 Å². The predicted molar refractivity (Wildman–Crippen MR) is 71.6 cm³/mol. The maximum atomic E-state index is 5.44. The molecule has 1 atom stereocenters. The van der Waals surface area contributed by atoms with Crippen molar-refractivity contribution in [2.24, 2.45) is 5.92 Å². The van der Waals surface area contributed by atoms with Crippen molar-refractivity contribution in [3.8, 4) is 12.3 Å². The molecule has 1 rings (SSSR count). The van der Waals surface area contributed by atoms with Gasteiger partial charge in [-0.25, -0.2) is 0 Å². The van der Waals surface area contributed by atoms with Gasteiger partial charge in [0.15, 0.2) is 0 Å². The SMILES string of the molecule is C#CC(C)Cc1cc(C(C)(C)C)ccc1C. The van der Waals surface area contributed by atoms with Gasteiger partial charge >= 0.3 is 0 Å². The summed E-state index contributed by atoms with van der Waals surface area (Å²) in [5.41, 5.74) is 4.33. The van der Waals surface area contributed by atoms with Gasteiger partial charge in [-0.3, -0.25) is 0 Å². The van der Waals surface area contributed by atoms with Gasteiger partial charge in [0, 0.05) is 5.92 Å². The standard InChI is InChI=1S/C16H22/c1-7-12(2)10-14-11-15(16(4,5)6)9-8-13(14)3/h1,8-9,11-12H,10H2,2-6H3. The molecule has 0 bridgehead atoms. The lowest BCUT2D eigenvalue weighted by Gasteiger charge is -2.21. The maximum Gasteiger partial charge on any atom is 0.0212 e. The number of rotatable bonds is 2. The van der Waals surface area contributed by atoms with Gasteiger partial charge in [-0.2, -0.15) is 0 Å². The normalized spacial score (nSPS) is 13.2. The first kappa shape index (κ1) is 12.8. The molecule has 1 aromatic carbocycles. The van der Waals surface area contributed by atoms with Crippen LogP contribution in [0.4, 0.5) is 0 Å². The number of hydrogen-bond acceptors (Lipinski definition) is 0. The molecular formula is C16H22. The molecule has 0 nitrogen and oxygen atoms in total. The van der Waals surface area contributed by atoms with Crippen LogP contribution in [0, 0.1) is 25.2 Å². The van der Waals surface area contributed by atoms with Crippen molar-refractivity contribution in [2.45, 2.75) is 46.5 Å². The summed E-state index contributed by atoms with van der Waals surface area (Å²) >= 11 is 0. The van der Waals surface area contributed by atoms with Crippen molar-refractivity contribution in [3.05, 3.63) is 34.9 Å². The summed E-state index contributed by atoms with van der Waals surface area (Å²) in [6.07, 6.45) is 6.42. The fourth-order valence-electron chi connectivity index (χ4n) is 1.75. The first-order valence-corrected chi connectivity index (χ1v) is 5.90. The summed E-state index contributed by atoms with van der Waals surface area (Å²) in [5, 5.41) is 0. The Morgan fingerprint density at radius 1 is 1.31 bits per heavy atom. The topological polar surface area (TPSA) is 0 Å². The smallest absolute Gasteiger partial charge is 0.0212 e. The summed E-state index contributed by atoms with van der Waals surface area (Å²) < 4.78 is 0. The molecule has 0 saturated heterocycles. The number of aryl methyl sites for hydroxylation is 1. The molecular weight excluding hydrogens is 192 g/mol. The van der Waals surface area contributed by atoms with Crippen LogP contribution in [0.2, 0.25) is 0 Å². The van der Waals surface area contributed by atoms with E-state index in [1.54, 1.807) is 0 Å². The molecule has 0 spiro atoms. The highest BCUT2D eigenvalue weighted by Gasteiger charge is 2.15. The van der Waals surface area contributed by atoms with E-state index < -0.39 is 0 Å². The molecule has 0 aliphatic carbocycles. The zero-order chi connectivity index (χ0) is 12.3. The van der Waals surface area contributed by atoms with E-state index in [2.05, 4.69) is 58.7 Å². The maximum absolute atomic E-state index is 5.44. The molecule has 0 amide bonds. The molecule has 0 aliphatic heterocycles. The Bertz CT molecular complexity index is 399. The number of benzene rings is 1. The van der Waals surface area contributed by atoms with E-state index in [1.165, 1.54) is 16.7 Å². The Balaban J connectivity index is 3.05. The Morgan fingerprint density at radius 2 is 1.94 bits per heavy atom. The van der Waals surface area contributed by atoms with Crippen molar-refractivity contribution < 1.29 is 0 Å². The van der Waals surface area contributed by atoms with Crippen LogP contribution in [0.25, 0.3) is 0 Å². The molecule has 0 radical (unpaired) electrons. The molecule has 0 aliphatic rings. The van der Waals surface area contributed by atoms with Crippen LogP contribution in [0.1, 0.15) is 44.4 Å². The van der Waals surface area contributed by atoms with E-state index >= 15 is 0 Å². The van der Waals surface area contributed by atoms with Gasteiger partial charge in [0.25, 0.3) is 0 Å². The summed E-state index contributed by atoms with van der Waals surface area (Å²) in [6, 6.07) is 6.74. The lowest BCUT2D eigenvalue weighted by molar-refractivity contribution is 0.588. The van der Waals surface area contributed by atoms with Gasteiger partial charge in [0.2, 0.25) is 0 Å². The molecule has 0 heterocycles. The fourth-order valence-corrected chi connectivity index (χ4v) is 1.75. The van der Waals surface area contributed by atoms with Gasteiger partial charge in [-0.15, -0.1) is 12.3 Å². The van der Waals surface area contributed by atoms with E-state index in [1.807, 2.05) is 0 Å². The van der Waals surface area contributed by atoms with Gasteiger partial charge in [-0.1, -0.05) is 45.9 Å². The summed E-state index contributed by atoms with van der Waals surface area (Å²) in [4.78, 5) is 0. The molecule has 1 unspecified atom stereocenters. The van der Waals surface area contributed by atoms with Crippen molar-refractivity contribution in [1.29, 1.82) is 0 Å². The average molecular weight is 214 g/mol. The Hall–Kier alpha value is -1.22. The van der Waals surface area contributed by atoms with E-state index in [9.17, 15) is 0 Å². The zero-order valence-electron chi connectivity index (χ0n) is 11.1. The molecule has 0 fully saturated rings. The van der Waals surface area contributed by atoms with Crippen molar-refractivity contribution in [1.82, 2.24) is 0 Å². The largest absolute Gasteiger partial charge is 0.120 e. The summed E-state index contributed by atoms with van der Waals surface area (Å²) in [5.74, 6) is 3.11. The van der Waals surface area contributed by atoms with E-state index in [-0.39, 0.29) is 5.41 Å². The molecule has 0 saturated carbocycles. The third-order valence-corrected chi connectivity index (χ3v) is 3.03. The highest BCUT2D eigenvalue weighted by molar-refractivity contribution is 5.35. The third-order valence-electron chi connectivity index (χ3n) is 3.03. The van der Waals surface area contributed by atoms with Crippen LogP contribution in [0.5, 0.6) is 0 Å². The zero-order valence-corrected chi connectivity index (χ0v) is 11.1. The van der Waals surface area contributed by atoms with Crippen LogP contribution in [-0.2, 0) is 11.8 Å². The quantitative estimate of drug-likeness (QED) is 0.650. The monoisotopic (exact) mass is 214 g/mol. The predicted octanol–water partition coefficient (Wildman–Crippen LogP) is 4.10. The minimum Gasteiger partial charge on any atom is -0.120 e. The summed E-state index contributed by atoms with van der Waals surface area (Å²) in [6.45, 7) is 11.0. The van der Waals surface area contributed by atoms with Crippen LogP contribution < -0.4 is 0 Å². The van der Waals surface area contributed by atoms with E-state index in [0.717, 1.165) is 6.42 Å². The van der Waals surface area contributed by atoms with Crippen LogP contribution in [0.3, 0.4) is 0 Å². The van der Waals surface area contributed by atoms with E-state index in [0.29, 0.717) is 5.92 Å². The Kier molecular flexibility index (Phi) is 3.81. The highest BCUT2D eigenvalue weighted by atomic mass is 14.2. The average Bonchev–Trinajstić information content (AvgIpc) is 2.19. The molecule has 0 heteroatoms. The number of hydrogen-bond donors (Lipinski definition) is 0. The molecule has 16 heavy (non-hydrogen) atoms. The van der Waals surface area contributed by atoms with Crippen molar-refractivity contribution in [2.75, 3.05) is 0 Å². The first-order valence-electron chi connectivity index (χ1n) is 5.90. The fraction of sp³-hybridized carbons (Fsp3) is 0.500. The Labute approximate surface area is 100 Å². The molecule has 0 N–H and O–H groups in total.